The summed E-state index contributed by atoms with van der Waals surface area (Å²) in [6.45, 7) is 7.55. The standard InChI is InChI=1S/C7H18N2/c1-5-9-7(8-4)6(2)3/h6-9H,5H2,1-4H3. The van der Waals surface area contributed by atoms with Gasteiger partial charge in [0.05, 0.1) is 6.17 Å². The van der Waals surface area contributed by atoms with Crippen molar-refractivity contribution in [1.29, 1.82) is 0 Å². The van der Waals surface area contributed by atoms with E-state index < -0.39 is 0 Å². The summed E-state index contributed by atoms with van der Waals surface area (Å²) in [6, 6.07) is 0. The molecule has 0 aromatic rings. The summed E-state index contributed by atoms with van der Waals surface area (Å²) in [7, 11) is 1.98. The summed E-state index contributed by atoms with van der Waals surface area (Å²) >= 11 is 0. The van der Waals surface area contributed by atoms with Gasteiger partial charge in [-0.1, -0.05) is 20.8 Å². The highest BCUT2D eigenvalue weighted by Crippen LogP contribution is 1.95. The van der Waals surface area contributed by atoms with E-state index in [0.717, 1.165) is 6.54 Å². The fourth-order valence-electron chi connectivity index (χ4n) is 0.891. The zero-order valence-corrected chi connectivity index (χ0v) is 6.86. The van der Waals surface area contributed by atoms with Gasteiger partial charge < -0.3 is 10.6 Å². The Morgan fingerprint density at radius 3 is 2.00 bits per heavy atom. The molecule has 1 unspecified atom stereocenters. The van der Waals surface area contributed by atoms with Crippen molar-refractivity contribution in [2.45, 2.75) is 26.9 Å². The fraction of sp³-hybridized carbons (Fsp3) is 1.00. The van der Waals surface area contributed by atoms with E-state index in [2.05, 4.69) is 31.4 Å². The molecule has 0 radical (unpaired) electrons. The number of nitrogens with one attached hydrogen (secondary N) is 2. The SMILES string of the molecule is CCNC(NC)C(C)C. The summed E-state index contributed by atoms with van der Waals surface area (Å²) < 4.78 is 0. The Balaban J connectivity index is 3.41. The van der Waals surface area contributed by atoms with Crippen molar-refractivity contribution in [3.05, 3.63) is 0 Å². The summed E-state index contributed by atoms with van der Waals surface area (Å²) in [5, 5.41) is 6.51. The lowest BCUT2D eigenvalue weighted by molar-refractivity contribution is 0.362. The molecule has 0 heterocycles. The van der Waals surface area contributed by atoms with Crippen LogP contribution in [0.2, 0.25) is 0 Å². The smallest absolute Gasteiger partial charge is 0.0592 e. The Morgan fingerprint density at radius 1 is 1.33 bits per heavy atom. The maximum absolute atomic E-state index is 3.32. The van der Waals surface area contributed by atoms with E-state index >= 15 is 0 Å². The average Bonchev–Trinajstić information content (AvgIpc) is 1.82. The van der Waals surface area contributed by atoms with E-state index in [0.29, 0.717) is 12.1 Å². The van der Waals surface area contributed by atoms with Crippen LogP contribution < -0.4 is 10.6 Å². The van der Waals surface area contributed by atoms with Crippen LogP contribution in [0.3, 0.4) is 0 Å². The molecule has 2 heteroatoms. The van der Waals surface area contributed by atoms with Gasteiger partial charge in [-0.25, -0.2) is 0 Å². The Bertz CT molecular complexity index is 61.9. The largest absolute Gasteiger partial charge is 0.305 e. The maximum Gasteiger partial charge on any atom is 0.0592 e. The summed E-state index contributed by atoms with van der Waals surface area (Å²) in [5.41, 5.74) is 0. The average molecular weight is 130 g/mol. The van der Waals surface area contributed by atoms with Gasteiger partial charge in [0, 0.05) is 0 Å². The van der Waals surface area contributed by atoms with Crippen LogP contribution in [0.25, 0.3) is 0 Å². The molecular formula is C7H18N2. The van der Waals surface area contributed by atoms with E-state index in [4.69, 9.17) is 0 Å². The molecule has 0 aromatic heterocycles. The Labute approximate surface area is 58.0 Å². The first kappa shape index (κ1) is 8.92. The fourth-order valence-corrected chi connectivity index (χ4v) is 0.891. The van der Waals surface area contributed by atoms with Crippen LogP contribution in [0.1, 0.15) is 20.8 Å². The minimum absolute atomic E-state index is 0.468. The van der Waals surface area contributed by atoms with Gasteiger partial charge in [-0.3, -0.25) is 0 Å². The zero-order chi connectivity index (χ0) is 7.28. The van der Waals surface area contributed by atoms with Gasteiger partial charge in [-0.2, -0.15) is 0 Å². The lowest BCUT2D eigenvalue weighted by Gasteiger charge is -2.20. The molecule has 0 spiro atoms. The van der Waals surface area contributed by atoms with Gasteiger partial charge >= 0.3 is 0 Å². The predicted molar refractivity (Wildman–Crippen MR) is 41.4 cm³/mol. The van der Waals surface area contributed by atoms with Crippen molar-refractivity contribution in [1.82, 2.24) is 10.6 Å². The van der Waals surface area contributed by atoms with Crippen molar-refractivity contribution in [3.63, 3.8) is 0 Å². The van der Waals surface area contributed by atoms with Crippen LogP contribution in [-0.2, 0) is 0 Å². The van der Waals surface area contributed by atoms with Crippen molar-refractivity contribution in [3.8, 4) is 0 Å². The lowest BCUT2D eigenvalue weighted by atomic mass is 10.1. The van der Waals surface area contributed by atoms with Crippen molar-refractivity contribution >= 4 is 0 Å². The third-order valence-corrected chi connectivity index (χ3v) is 1.40. The molecule has 1 atom stereocenters. The van der Waals surface area contributed by atoms with Crippen molar-refractivity contribution in [2.24, 2.45) is 5.92 Å². The van der Waals surface area contributed by atoms with E-state index in [1.54, 1.807) is 0 Å². The Kier molecular flexibility index (Phi) is 4.72. The van der Waals surface area contributed by atoms with Gasteiger partial charge in [0.25, 0.3) is 0 Å². The van der Waals surface area contributed by atoms with Gasteiger partial charge in [-0.05, 0) is 19.5 Å². The lowest BCUT2D eigenvalue weighted by Crippen LogP contribution is -2.43. The monoisotopic (exact) mass is 130 g/mol. The first-order valence-corrected chi connectivity index (χ1v) is 3.63. The Morgan fingerprint density at radius 2 is 1.89 bits per heavy atom. The maximum atomic E-state index is 3.32. The first-order valence-electron chi connectivity index (χ1n) is 3.63. The molecule has 0 amide bonds. The molecule has 0 fully saturated rings. The van der Waals surface area contributed by atoms with Crippen molar-refractivity contribution < 1.29 is 0 Å². The molecule has 0 aliphatic rings. The van der Waals surface area contributed by atoms with Crippen LogP contribution in [-0.4, -0.2) is 19.8 Å². The molecule has 0 saturated heterocycles. The second kappa shape index (κ2) is 4.77. The van der Waals surface area contributed by atoms with Crippen molar-refractivity contribution in [2.75, 3.05) is 13.6 Å². The first-order chi connectivity index (χ1) is 4.22. The normalized spacial score (nSPS) is 14.3. The minimum Gasteiger partial charge on any atom is -0.305 e. The summed E-state index contributed by atoms with van der Waals surface area (Å²) in [4.78, 5) is 0. The summed E-state index contributed by atoms with van der Waals surface area (Å²) in [5.74, 6) is 0.662. The second-order valence-electron chi connectivity index (χ2n) is 2.57. The highest BCUT2D eigenvalue weighted by molar-refractivity contribution is 4.63. The van der Waals surface area contributed by atoms with Gasteiger partial charge in [0.15, 0.2) is 0 Å². The van der Waals surface area contributed by atoms with E-state index in [-0.39, 0.29) is 0 Å². The molecule has 0 aromatic carbocycles. The Hall–Kier alpha value is -0.0800. The van der Waals surface area contributed by atoms with E-state index in [1.165, 1.54) is 0 Å². The molecule has 56 valence electrons. The third-order valence-electron chi connectivity index (χ3n) is 1.40. The highest BCUT2D eigenvalue weighted by atomic mass is 15.1. The molecule has 0 saturated carbocycles. The summed E-state index contributed by atoms with van der Waals surface area (Å²) in [6.07, 6.45) is 0.468. The quantitative estimate of drug-likeness (QED) is 0.550. The van der Waals surface area contributed by atoms with Crippen LogP contribution in [0.4, 0.5) is 0 Å². The van der Waals surface area contributed by atoms with E-state index in [9.17, 15) is 0 Å². The molecule has 9 heavy (non-hydrogen) atoms. The number of hydrogen-bond donors (Lipinski definition) is 2. The number of rotatable bonds is 4. The zero-order valence-electron chi connectivity index (χ0n) is 6.86. The van der Waals surface area contributed by atoms with Crippen LogP contribution >= 0.6 is 0 Å². The minimum atomic E-state index is 0.468. The molecule has 0 bridgehead atoms. The second-order valence-corrected chi connectivity index (χ2v) is 2.57. The molecule has 2 N–H and O–H groups in total. The van der Waals surface area contributed by atoms with Crippen LogP contribution in [0.15, 0.2) is 0 Å². The molecule has 0 aliphatic carbocycles. The van der Waals surface area contributed by atoms with Crippen LogP contribution in [0, 0.1) is 5.92 Å². The molecule has 0 aliphatic heterocycles. The molecule has 2 nitrogen and oxygen atoms in total. The van der Waals surface area contributed by atoms with Gasteiger partial charge in [0.2, 0.25) is 0 Å². The van der Waals surface area contributed by atoms with Gasteiger partial charge in [0.1, 0.15) is 0 Å². The van der Waals surface area contributed by atoms with E-state index in [1.807, 2.05) is 7.05 Å². The van der Waals surface area contributed by atoms with Crippen LogP contribution in [0.5, 0.6) is 0 Å². The van der Waals surface area contributed by atoms with Gasteiger partial charge in [-0.15, -0.1) is 0 Å². The predicted octanol–water partition coefficient (Wildman–Crippen LogP) is 0.797. The highest BCUT2D eigenvalue weighted by Gasteiger charge is 2.06. The molecule has 0 rings (SSSR count). The third kappa shape index (κ3) is 3.49. The number of hydrogen-bond acceptors (Lipinski definition) is 2. The topological polar surface area (TPSA) is 24.1 Å². The molecular weight excluding hydrogens is 112 g/mol.